The van der Waals surface area contributed by atoms with E-state index >= 15 is 0 Å². The zero-order valence-corrected chi connectivity index (χ0v) is 11.7. The first kappa shape index (κ1) is 14.3. The fourth-order valence-corrected chi connectivity index (χ4v) is 3.10. The van der Waals surface area contributed by atoms with Crippen LogP contribution in [0.2, 0.25) is 0 Å². The van der Waals surface area contributed by atoms with Crippen LogP contribution in [0.4, 0.5) is 0 Å². The largest absolute Gasteiger partial charge is 0.481 e. The van der Waals surface area contributed by atoms with Crippen molar-refractivity contribution in [1.29, 1.82) is 0 Å². The molecule has 2 aliphatic rings. The van der Waals surface area contributed by atoms with Crippen LogP contribution in [-0.4, -0.2) is 33.7 Å². The van der Waals surface area contributed by atoms with Crippen LogP contribution < -0.4 is 5.32 Å². The molecule has 1 fully saturated rings. The third kappa shape index (κ3) is 2.77. The highest BCUT2D eigenvalue weighted by Gasteiger charge is 2.28. The van der Waals surface area contributed by atoms with E-state index in [1.165, 1.54) is 5.82 Å². The van der Waals surface area contributed by atoms with Gasteiger partial charge in [0.1, 0.15) is 5.82 Å². The highest BCUT2D eigenvalue weighted by molar-refractivity contribution is 5.85. The predicted octanol–water partition coefficient (Wildman–Crippen LogP) is 1.42. The summed E-state index contributed by atoms with van der Waals surface area (Å²) in [6.07, 6.45) is 5.52. The van der Waals surface area contributed by atoms with Gasteiger partial charge in [0.2, 0.25) is 0 Å². The summed E-state index contributed by atoms with van der Waals surface area (Å²) in [6, 6.07) is 0. The van der Waals surface area contributed by atoms with E-state index in [-0.39, 0.29) is 18.3 Å². The average molecular weight is 286 g/mol. The van der Waals surface area contributed by atoms with E-state index in [0.717, 1.165) is 44.6 Å². The Morgan fingerprint density at radius 3 is 2.79 bits per heavy atom. The van der Waals surface area contributed by atoms with Gasteiger partial charge in [-0.15, -0.1) is 12.4 Å². The number of carboxylic acids is 1. The number of aromatic nitrogens is 2. The number of nitrogens with zero attached hydrogens (tertiary/aromatic N) is 2. The van der Waals surface area contributed by atoms with E-state index in [2.05, 4.69) is 14.9 Å². The van der Waals surface area contributed by atoms with Crippen LogP contribution in [0, 0.1) is 5.92 Å². The molecule has 1 saturated heterocycles. The van der Waals surface area contributed by atoms with Gasteiger partial charge in [-0.3, -0.25) is 4.79 Å². The number of carbonyl (C=O) groups is 1. The van der Waals surface area contributed by atoms with Crippen LogP contribution in [0.5, 0.6) is 0 Å². The molecule has 0 aromatic carbocycles. The summed E-state index contributed by atoms with van der Waals surface area (Å²) >= 11 is 0. The van der Waals surface area contributed by atoms with Gasteiger partial charge in [0, 0.05) is 30.8 Å². The first-order valence-electron chi connectivity index (χ1n) is 6.73. The van der Waals surface area contributed by atoms with Gasteiger partial charge in [-0.05, 0) is 32.4 Å². The molecule has 0 aliphatic carbocycles. The summed E-state index contributed by atoms with van der Waals surface area (Å²) < 4.78 is 2.26. The molecule has 1 aromatic rings. The van der Waals surface area contributed by atoms with Crippen molar-refractivity contribution < 1.29 is 9.90 Å². The molecule has 1 unspecified atom stereocenters. The monoisotopic (exact) mass is 285 g/mol. The molecule has 1 atom stereocenters. The van der Waals surface area contributed by atoms with Crippen LogP contribution in [-0.2, 0) is 17.8 Å². The second kappa shape index (κ2) is 5.92. The molecule has 1 aromatic heterocycles. The summed E-state index contributed by atoms with van der Waals surface area (Å²) in [5.74, 6) is 0.817. The molecule has 6 heteroatoms. The third-order valence-corrected chi connectivity index (χ3v) is 4.18. The molecule has 2 N–H and O–H groups in total. The predicted molar refractivity (Wildman–Crippen MR) is 73.8 cm³/mol. The first-order valence-corrected chi connectivity index (χ1v) is 6.73. The minimum absolute atomic E-state index is 0. The van der Waals surface area contributed by atoms with Crippen LogP contribution in [0.25, 0.3) is 0 Å². The molecule has 19 heavy (non-hydrogen) atoms. The van der Waals surface area contributed by atoms with E-state index in [4.69, 9.17) is 5.11 Å². The van der Waals surface area contributed by atoms with Gasteiger partial charge in [-0.2, -0.15) is 0 Å². The van der Waals surface area contributed by atoms with E-state index in [0.29, 0.717) is 12.3 Å². The van der Waals surface area contributed by atoms with Crippen molar-refractivity contribution in [2.24, 2.45) is 5.92 Å². The van der Waals surface area contributed by atoms with Gasteiger partial charge in [0.25, 0.3) is 0 Å². The Morgan fingerprint density at radius 2 is 2.11 bits per heavy atom. The normalized spacial score (nSPS) is 23.5. The zero-order valence-electron chi connectivity index (χ0n) is 10.8. The quantitative estimate of drug-likeness (QED) is 0.862. The SMILES string of the molecule is Cl.O=C(O)C1CCn2c(cnc2C2CCNCC2)C1. The van der Waals surface area contributed by atoms with E-state index in [1.54, 1.807) is 0 Å². The number of piperidine rings is 1. The van der Waals surface area contributed by atoms with Crippen molar-refractivity contribution >= 4 is 18.4 Å². The molecule has 0 radical (unpaired) electrons. The highest BCUT2D eigenvalue weighted by atomic mass is 35.5. The van der Waals surface area contributed by atoms with Gasteiger partial charge >= 0.3 is 5.97 Å². The van der Waals surface area contributed by atoms with E-state index in [1.807, 2.05) is 6.20 Å². The second-order valence-electron chi connectivity index (χ2n) is 5.31. The van der Waals surface area contributed by atoms with Crippen LogP contribution in [0.3, 0.4) is 0 Å². The molecule has 0 bridgehead atoms. The minimum atomic E-state index is -0.675. The number of halogens is 1. The summed E-state index contributed by atoms with van der Waals surface area (Å²) in [4.78, 5) is 15.6. The summed E-state index contributed by atoms with van der Waals surface area (Å²) in [7, 11) is 0. The maximum absolute atomic E-state index is 11.0. The van der Waals surface area contributed by atoms with Crippen molar-refractivity contribution in [2.75, 3.05) is 13.1 Å². The smallest absolute Gasteiger partial charge is 0.306 e. The zero-order chi connectivity index (χ0) is 12.5. The van der Waals surface area contributed by atoms with Gasteiger partial charge in [0.15, 0.2) is 0 Å². The number of fused-ring (bicyclic) bond motifs is 1. The summed E-state index contributed by atoms with van der Waals surface area (Å²) in [5.41, 5.74) is 1.10. The Labute approximate surface area is 118 Å². The molecular formula is C13H20ClN3O2. The van der Waals surface area contributed by atoms with Gasteiger partial charge < -0.3 is 15.0 Å². The molecule has 2 aliphatic heterocycles. The minimum Gasteiger partial charge on any atom is -0.481 e. The molecular weight excluding hydrogens is 266 g/mol. The number of imidazole rings is 1. The van der Waals surface area contributed by atoms with Crippen molar-refractivity contribution in [2.45, 2.75) is 38.1 Å². The molecule has 0 saturated carbocycles. The maximum Gasteiger partial charge on any atom is 0.306 e. The lowest BCUT2D eigenvalue weighted by molar-refractivity contribution is -0.142. The first-order chi connectivity index (χ1) is 8.75. The van der Waals surface area contributed by atoms with E-state index in [9.17, 15) is 4.79 Å². The van der Waals surface area contributed by atoms with Crippen molar-refractivity contribution in [3.63, 3.8) is 0 Å². The Morgan fingerprint density at radius 1 is 1.37 bits per heavy atom. The number of rotatable bonds is 2. The molecule has 3 heterocycles. The third-order valence-electron chi connectivity index (χ3n) is 4.18. The molecule has 0 amide bonds. The Bertz CT molecular complexity index is 455. The average Bonchev–Trinajstić information content (AvgIpc) is 2.82. The van der Waals surface area contributed by atoms with Crippen LogP contribution in [0.1, 0.15) is 36.7 Å². The number of hydrogen-bond acceptors (Lipinski definition) is 3. The molecule has 3 rings (SSSR count). The van der Waals surface area contributed by atoms with E-state index < -0.39 is 5.97 Å². The van der Waals surface area contributed by atoms with Crippen LogP contribution in [0.15, 0.2) is 6.20 Å². The number of hydrogen-bond donors (Lipinski definition) is 2. The lowest BCUT2D eigenvalue weighted by Gasteiger charge is -2.26. The Hall–Kier alpha value is -1.07. The summed E-state index contributed by atoms with van der Waals surface area (Å²) in [5, 5.41) is 12.4. The van der Waals surface area contributed by atoms with Gasteiger partial charge in [-0.25, -0.2) is 4.98 Å². The van der Waals surface area contributed by atoms with Crippen molar-refractivity contribution in [3.8, 4) is 0 Å². The number of carboxylic acid groups (broad SMARTS) is 1. The number of aliphatic carboxylic acids is 1. The topological polar surface area (TPSA) is 67.1 Å². The Kier molecular flexibility index (Phi) is 4.47. The maximum atomic E-state index is 11.0. The fraction of sp³-hybridized carbons (Fsp3) is 0.692. The highest BCUT2D eigenvalue weighted by Crippen LogP contribution is 2.29. The Balaban J connectivity index is 0.00000133. The lowest BCUT2D eigenvalue weighted by Crippen LogP contribution is -2.30. The molecule has 0 spiro atoms. The summed E-state index contributed by atoms with van der Waals surface area (Å²) in [6.45, 7) is 2.93. The molecule has 5 nitrogen and oxygen atoms in total. The second-order valence-corrected chi connectivity index (χ2v) is 5.31. The van der Waals surface area contributed by atoms with Crippen LogP contribution >= 0.6 is 12.4 Å². The van der Waals surface area contributed by atoms with Crippen molar-refractivity contribution in [3.05, 3.63) is 17.7 Å². The van der Waals surface area contributed by atoms with Crippen molar-refractivity contribution in [1.82, 2.24) is 14.9 Å². The fourth-order valence-electron chi connectivity index (χ4n) is 3.10. The lowest BCUT2D eigenvalue weighted by atomic mass is 9.94. The standard InChI is InChI=1S/C13H19N3O2.ClH/c17-13(18)10-3-6-16-11(7-10)8-15-12(16)9-1-4-14-5-2-9;/h8-10,14H,1-7H2,(H,17,18);1H. The number of nitrogens with one attached hydrogen (secondary N) is 1. The van der Waals surface area contributed by atoms with Gasteiger partial charge in [-0.1, -0.05) is 0 Å². The molecule has 106 valence electrons. The van der Waals surface area contributed by atoms with Gasteiger partial charge in [0.05, 0.1) is 5.92 Å².